The Morgan fingerprint density at radius 3 is 2.56 bits per heavy atom. The zero-order valence-electron chi connectivity index (χ0n) is 14.4. The Hall–Kier alpha value is -1.91. The van der Waals surface area contributed by atoms with Gasteiger partial charge in [-0.05, 0) is 12.1 Å². The number of piperazine rings is 1. The fourth-order valence-electron chi connectivity index (χ4n) is 2.84. The number of para-hydroxylation sites is 1. The molecule has 136 valence electrons. The predicted molar refractivity (Wildman–Crippen MR) is 107 cm³/mol. The van der Waals surface area contributed by atoms with Crippen molar-refractivity contribution in [3.8, 4) is 0 Å². The summed E-state index contributed by atoms with van der Waals surface area (Å²) in [4.78, 5) is 12.8. The minimum atomic E-state index is -0.171. The highest BCUT2D eigenvalue weighted by Gasteiger charge is 2.21. The summed E-state index contributed by atoms with van der Waals surface area (Å²) >= 11 is 0. The minimum Gasteiger partial charge on any atom is -0.366 e. The zero-order chi connectivity index (χ0) is 16.9. The van der Waals surface area contributed by atoms with Crippen molar-refractivity contribution in [2.24, 2.45) is 12.0 Å². The van der Waals surface area contributed by atoms with Crippen LogP contribution in [0.25, 0.3) is 0 Å². The lowest BCUT2D eigenvalue weighted by Crippen LogP contribution is -2.52. The molecule has 1 saturated heterocycles. The molecule has 0 unspecified atom stereocenters. The van der Waals surface area contributed by atoms with Crippen LogP contribution < -0.4 is 10.2 Å². The van der Waals surface area contributed by atoms with Gasteiger partial charge in [-0.15, -0.1) is 24.0 Å². The largest absolute Gasteiger partial charge is 0.366 e. The number of anilines is 1. The third kappa shape index (κ3) is 4.59. The van der Waals surface area contributed by atoms with Crippen LogP contribution >= 0.6 is 24.0 Å². The molecular weight excluding hydrogens is 436 g/mol. The van der Waals surface area contributed by atoms with Gasteiger partial charge >= 0.3 is 0 Å². The first-order valence-electron chi connectivity index (χ1n) is 7.97. The lowest BCUT2D eigenvalue weighted by molar-refractivity contribution is 0.370. The summed E-state index contributed by atoms with van der Waals surface area (Å²) in [5, 5.41) is 7.36. The molecule has 3 rings (SSSR count). The van der Waals surface area contributed by atoms with Crippen LogP contribution in [0.15, 0.2) is 35.6 Å². The third-order valence-corrected chi connectivity index (χ3v) is 4.19. The molecule has 2 aromatic rings. The maximum absolute atomic E-state index is 13.9. The second kappa shape index (κ2) is 8.97. The molecule has 9 heteroatoms. The Balaban J connectivity index is 0.00000225. The first-order chi connectivity index (χ1) is 11.7. The fraction of sp³-hybridized carbons (Fsp3) is 0.438. The van der Waals surface area contributed by atoms with Crippen molar-refractivity contribution in [3.63, 3.8) is 0 Å². The summed E-state index contributed by atoms with van der Waals surface area (Å²) in [5.74, 6) is 1.50. The Morgan fingerprint density at radius 2 is 1.96 bits per heavy atom. The molecule has 1 N–H and O–H groups in total. The highest BCUT2D eigenvalue weighted by atomic mass is 127. The smallest absolute Gasteiger partial charge is 0.194 e. The molecule has 25 heavy (non-hydrogen) atoms. The number of guanidine groups is 1. The van der Waals surface area contributed by atoms with E-state index in [0.717, 1.165) is 38.0 Å². The molecule has 7 nitrogen and oxygen atoms in total. The number of benzene rings is 1. The van der Waals surface area contributed by atoms with Gasteiger partial charge in [0.15, 0.2) is 5.96 Å². The summed E-state index contributed by atoms with van der Waals surface area (Å²) < 4.78 is 15.6. The Morgan fingerprint density at radius 1 is 1.24 bits per heavy atom. The van der Waals surface area contributed by atoms with Crippen molar-refractivity contribution in [2.75, 3.05) is 38.1 Å². The van der Waals surface area contributed by atoms with Crippen LogP contribution in [0.1, 0.15) is 5.82 Å². The van der Waals surface area contributed by atoms with E-state index in [-0.39, 0.29) is 29.8 Å². The molecule has 0 bridgehead atoms. The quantitative estimate of drug-likeness (QED) is 0.428. The van der Waals surface area contributed by atoms with E-state index in [2.05, 4.69) is 30.2 Å². The molecule has 0 amide bonds. The predicted octanol–water partition coefficient (Wildman–Crippen LogP) is 1.47. The van der Waals surface area contributed by atoms with Crippen molar-refractivity contribution in [3.05, 3.63) is 42.2 Å². The molecule has 0 saturated carbocycles. The normalized spacial score (nSPS) is 15.1. The highest BCUT2D eigenvalue weighted by molar-refractivity contribution is 14.0. The van der Waals surface area contributed by atoms with Gasteiger partial charge in [-0.1, -0.05) is 12.1 Å². The molecule has 1 aromatic carbocycles. The van der Waals surface area contributed by atoms with Gasteiger partial charge in [0.05, 0.1) is 12.2 Å². The van der Waals surface area contributed by atoms with Crippen LogP contribution in [0.2, 0.25) is 0 Å². The number of nitrogens with one attached hydrogen (secondary N) is 1. The number of aliphatic imine (C=N–C) groups is 1. The Labute approximate surface area is 164 Å². The molecule has 0 atom stereocenters. The van der Waals surface area contributed by atoms with Crippen molar-refractivity contribution < 1.29 is 4.39 Å². The number of hydrogen-bond donors (Lipinski definition) is 1. The van der Waals surface area contributed by atoms with Gasteiger partial charge in [-0.2, -0.15) is 5.10 Å². The minimum absolute atomic E-state index is 0. The van der Waals surface area contributed by atoms with Crippen molar-refractivity contribution in [1.82, 2.24) is 25.0 Å². The van der Waals surface area contributed by atoms with Gasteiger partial charge in [0.1, 0.15) is 18.0 Å². The second-order valence-electron chi connectivity index (χ2n) is 5.63. The zero-order valence-corrected chi connectivity index (χ0v) is 16.7. The van der Waals surface area contributed by atoms with Gasteiger partial charge in [0.2, 0.25) is 0 Å². The van der Waals surface area contributed by atoms with Gasteiger partial charge in [-0.3, -0.25) is 9.67 Å². The van der Waals surface area contributed by atoms with Crippen molar-refractivity contribution >= 4 is 35.6 Å². The lowest BCUT2D eigenvalue weighted by Gasteiger charge is -2.37. The Bertz CT molecular complexity index is 710. The van der Waals surface area contributed by atoms with Crippen LogP contribution in [-0.2, 0) is 13.6 Å². The monoisotopic (exact) mass is 459 g/mol. The average Bonchev–Trinajstić information content (AvgIpc) is 3.02. The van der Waals surface area contributed by atoms with Crippen LogP contribution in [-0.4, -0.2) is 58.9 Å². The van der Waals surface area contributed by atoms with E-state index in [9.17, 15) is 4.39 Å². The number of hydrogen-bond acceptors (Lipinski definition) is 4. The maximum atomic E-state index is 13.9. The fourth-order valence-corrected chi connectivity index (χ4v) is 2.84. The molecule has 2 heterocycles. The van der Waals surface area contributed by atoms with Gasteiger partial charge < -0.3 is 15.1 Å². The number of aromatic nitrogens is 3. The van der Waals surface area contributed by atoms with Crippen LogP contribution in [0.3, 0.4) is 0 Å². The lowest BCUT2D eigenvalue weighted by atomic mass is 10.2. The molecule has 0 spiro atoms. The van der Waals surface area contributed by atoms with E-state index in [1.807, 2.05) is 19.2 Å². The van der Waals surface area contributed by atoms with Crippen LogP contribution in [0.5, 0.6) is 0 Å². The molecule has 0 radical (unpaired) electrons. The number of halogens is 2. The number of rotatable bonds is 3. The second-order valence-corrected chi connectivity index (χ2v) is 5.63. The van der Waals surface area contributed by atoms with Crippen LogP contribution in [0.4, 0.5) is 10.1 Å². The third-order valence-electron chi connectivity index (χ3n) is 4.19. The Kier molecular flexibility index (Phi) is 6.97. The first kappa shape index (κ1) is 19.4. The maximum Gasteiger partial charge on any atom is 0.194 e. The highest BCUT2D eigenvalue weighted by Crippen LogP contribution is 2.20. The molecule has 0 aliphatic carbocycles. The van der Waals surface area contributed by atoms with E-state index in [1.165, 1.54) is 12.4 Å². The number of aryl methyl sites for hydroxylation is 1. The summed E-state index contributed by atoms with van der Waals surface area (Å²) in [5.41, 5.74) is 0.666. The molecule has 1 aromatic heterocycles. The van der Waals surface area contributed by atoms with Crippen molar-refractivity contribution in [1.29, 1.82) is 0 Å². The van der Waals surface area contributed by atoms with Crippen molar-refractivity contribution in [2.45, 2.75) is 6.54 Å². The summed E-state index contributed by atoms with van der Waals surface area (Å²) in [6.07, 6.45) is 1.53. The standard InChI is InChI=1S/C16H22FN7.HI/c1-18-16(19-11-15-20-12-21-22(15)2)24-9-7-23(8-10-24)14-6-4-3-5-13(14)17;/h3-6,12H,7-11H2,1-2H3,(H,18,19);1H. The SMILES string of the molecule is CN=C(NCc1ncnn1C)N1CCN(c2ccccc2F)CC1.I. The molecule has 1 aliphatic heterocycles. The van der Waals surface area contributed by atoms with Crippen LogP contribution in [0, 0.1) is 5.82 Å². The van der Waals surface area contributed by atoms with E-state index in [1.54, 1.807) is 17.8 Å². The van der Waals surface area contributed by atoms with E-state index < -0.39 is 0 Å². The average molecular weight is 459 g/mol. The topological polar surface area (TPSA) is 61.6 Å². The first-order valence-corrected chi connectivity index (χ1v) is 7.97. The molecule has 1 fully saturated rings. The van der Waals surface area contributed by atoms with E-state index in [0.29, 0.717) is 12.2 Å². The van der Waals surface area contributed by atoms with Gasteiger partial charge in [0, 0.05) is 40.3 Å². The molecular formula is C16H23FIN7. The summed E-state index contributed by atoms with van der Waals surface area (Å²) in [7, 11) is 3.63. The van der Waals surface area contributed by atoms with Gasteiger partial charge in [-0.25, -0.2) is 9.37 Å². The summed E-state index contributed by atoms with van der Waals surface area (Å²) in [6.45, 7) is 3.65. The summed E-state index contributed by atoms with van der Waals surface area (Å²) in [6, 6.07) is 6.91. The number of nitrogens with zero attached hydrogens (tertiary/aromatic N) is 6. The van der Waals surface area contributed by atoms with E-state index in [4.69, 9.17) is 0 Å². The van der Waals surface area contributed by atoms with Gasteiger partial charge in [0.25, 0.3) is 0 Å². The molecule has 1 aliphatic rings. The van der Waals surface area contributed by atoms with E-state index >= 15 is 0 Å².